The second-order valence-corrected chi connectivity index (χ2v) is 9.41. The Morgan fingerprint density at radius 1 is 0.553 bits per heavy atom. The number of hydrogen-bond acceptors (Lipinski definition) is 5. The van der Waals surface area contributed by atoms with Gasteiger partial charge >= 0.3 is 0 Å². The summed E-state index contributed by atoms with van der Waals surface area (Å²) >= 11 is 0. The van der Waals surface area contributed by atoms with Crippen molar-refractivity contribution in [1.29, 1.82) is 0 Å². The first kappa shape index (κ1) is 26.0. The Labute approximate surface area is 225 Å². The molecule has 0 saturated heterocycles. The minimum absolute atomic E-state index is 0.460. The molecule has 0 aromatic heterocycles. The van der Waals surface area contributed by atoms with Crippen molar-refractivity contribution in [2.24, 2.45) is 0 Å². The number of benzene rings is 4. The summed E-state index contributed by atoms with van der Waals surface area (Å²) in [4.78, 5) is 2.57. The van der Waals surface area contributed by atoms with Gasteiger partial charge in [0.1, 0.15) is 13.2 Å². The highest BCUT2D eigenvalue weighted by Gasteiger charge is 2.44. The second-order valence-electron chi connectivity index (χ2n) is 9.41. The van der Waals surface area contributed by atoms with E-state index >= 15 is 0 Å². The normalized spacial score (nSPS) is 13.3. The van der Waals surface area contributed by atoms with Crippen LogP contribution in [0.15, 0.2) is 103 Å². The summed E-state index contributed by atoms with van der Waals surface area (Å²) in [6.45, 7) is 3.49. The fourth-order valence-corrected chi connectivity index (χ4v) is 5.42. The van der Waals surface area contributed by atoms with Crippen LogP contribution in [-0.2, 0) is 28.1 Å². The van der Waals surface area contributed by atoms with Crippen molar-refractivity contribution in [3.63, 3.8) is 0 Å². The average molecular weight is 510 g/mol. The topological polar surface area (TPSA) is 40.2 Å². The van der Waals surface area contributed by atoms with Crippen LogP contribution in [0.3, 0.4) is 0 Å². The van der Waals surface area contributed by atoms with Crippen molar-refractivity contribution in [1.82, 2.24) is 4.90 Å². The lowest BCUT2D eigenvalue weighted by Crippen LogP contribution is -2.45. The lowest BCUT2D eigenvalue weighted by atomic mass is 9.75. The highest BCUT2D eigenvalue weighted by Crippen LogP contribution is 2.47. The lowest BCUT2D eigenvalue weighted by Gasteiger charge is -2.43. The van der Waals surface area contributed by atoms with E-state index in [9.17, 15) is 0 Å². The third-order valence-electron chi connectivity index (χ3n) is 7.13. The Bertz CT molecular complexity index is 1160. The standard InChI is InChI=1S/C33H35NO4/c1-35-18-20-37-31-22-26-24-34(25-27(26)23-32(31)38-21-19-36-2)33(28-12-6-3-7-13-28,29-14-8-4-9-15-29)30-16-10-5-11-17-30/h3-17,22-23H,18-21,24-25H2,1-2H3. The Morgan fingerprint density at radius 2 is 0.921 bits per heavy atom. The molecule has 0 aliphatic carbocycles. The van der Waals surface area contributed by atoms with E-state index < -0.39 is 5.54 Å². The van der Waals surface area contributed by atoms with E-state index in [1.165, 1.54) is 27.8 Å². The molecule has 0 unspecified atom stereocenters. The predicted molar refractivity (Wildman–Crippen MR) is 150 cm³/mol. The highest BCUT2D eigenvalue weighted by atomic mass is 16.5. The Hall–Kier alpha value is -3.64. The molecule has 1 heterocycles. The van der Waals surface area contributed by atoms with Crippen LogP contribution in [0.25, 0.3) is 0 Å². The number of hydrogen-bond donors (Lipinski definition) is 0. The molecule has 0 bridgehead atoms. The summed E-state index contributed by atoms with van der Waals surface area (Å²) in [6.07, 6.45) is 0. The fraction of sp³-hybridized carbons (Fsp3) is 0.273. The molecule has 38 heavy (non-hydrogen) atoms. The summed E-state index contributed by atoms with van der Waals surface area (Å²) in [5.74, 6) is 1.48. The molecule has 4 aromatic rings. The van der Waals surface area contributed by atoms with Gasteiger partial charge in [-0.05, 0) is 39.9 Å². The summed E-state index contributed by atoms with van der Waals surface area (Å²) in [5, 5.41) is 0. The summed E-state index contributed by atoms with van der Waals surface area (Å²) in [5.41, 5.74) is 5.71. The van der Waals surface area contributed by atoms with Gasteiger partial charge in [-0.1, -0.05) is 91.0 Å². The molecular formula is C33H35NO4. The minimum Gasteiger partial charge on any atom is -0.487 e. The number of fused-ring (bicyclic) bond motifs is 1. The first-order valence-electron chi connectivity index (χ1n) is 13.1. The van der Waals surface area contributed by atoms with Gasteiger partial charge in [0.25, 0.3) is 0 Å². The van der Waals surface area contributed by atoms with Gasteiger partial charge < -0.3 is 18.9 Å². The minimum atomic E-state index is -0.475. The summed E-state index contributed by atoms with van der Waals surface area (Å²) in [6, 6.07) is 36.7. The molecule has 1 aliphatic heterocycles. The van der Waals surface area contributed by atoms with Gasteiger partial charge in [-0.25, -0.2) is 0 Å². The van der Waals surface area contributed by atoms with Gasteiger partial charge in [0.2, 0.25) is 0 Å². The smallest absolute Gasteiger partial charge is 0.161 e. The third kappa shape index (κ3) is 5.18. The zero-order chi connectivity index (χ0) is 26.2. The zero-order valence-electron chi connectivity index (χ0n) is 22.1. The van der Waals surface area contributed by atoms with Crippen LogP contribution in [0, 0.1) is 0 Å². The van der Waals surface area contributed by atoms with Crippen molar-refractivity contribution >= 4 is 0 Å². The van der Waals surface area contributed by atoms with E-state index in [1.54, 1.807) is 14.2 Å². The molecule has 5 nitrogen and oxygen atoms in total. The average Bonchev–Trinajstić information content (AvgIpc) is 3.38. The molecule has 0 spiro atoms. The summed E-state index contributed by atoms with van der Waals surface area (Å²) in [7, 11) is 3.35. The molecule has 0 fully saturated rings. The Balaban J connectivity index is 1.61. The molecular weight excluding hydrogens is 474 g/mol. The van der Waals surface area contributed by atoms with Crippen LogP contribution >= 0.6 is 0 Å². The molecule has 0 atom stereocenters. The zero-order valence-corrected chi connectivity index (χ0v) is 22.1. The van der Waals surface area contributed by atoms with Gasteiger partial charge in [0, 0.05) is 27.3 Å². The third-order valence-corrected chi connectivity index (χ3v) is 7.13. The second kappa shape index (κ2) is 12.3. The Morgan fingerprint density at radius 3 is 1.26 bits per heavy atom. The van der Waals surface area contributed by atoms with Gasteiger partial charge in [-0.15, -0.1) is 0 Å². The number of rotatable bonds is 12. The van der Waals surface area contributed by atoms with E-state index in [2.05, 4.69) is 108 Å². The van der Waals surface area contributed by atoms with Crippen LogP contribution < -0.4 is 9.47 Å². The van der Waals surface area contributed by atoms with Crippen LogP contribution in [0.2, 0.25) is 0 Å². The Kier molecular flexibility index (Phi) is 8.39. The van der Waals surface area contributed by atoms with Crippen molar-refractivity contribution in [3.05, 3.63) is 131 Å². The lowest BCUT2D eigenvalue weighted by molar-refractivity contribution is 0.132. The van der Waals surface area contributed by atoms with Crippen LogP contribution in [0.4, 0.5) is 0 Å². The molecule has 4 aromatic carbocycles. The van der Waals surface area contributed by atoms with E-state index in [4.69, 9.17) is 18.9 Å². The molecule has 0 N–H and O–H groups in total. The maximum atomic E-state index is 6.10. The van der Waals surface area contributed by atoms with Gasteiger partial charge in [0.15, 0.2) is 11.5 Å². The molecule has 1 aliphatic rings. The maximum Gasteiger partial charge on any atom is 0.161 e. The van der Waals surface area contributed by atoms with E-state index in [-0.39, 0.29) is 0 Å². The van der Waals surface area contributed by atoms with Crippen molar-refractivity contribution < 1.29 is 18.9 Å². The van der Waals surface area contributed by atoms with Crippen molar-refractivity contribution in [2.75, 3.05) is 40.6 Å². The van der Waals surface area contributed by atoms with Crippen LogP contribution in [0.1, 0.15) is 27.8 Å². The predicted octanol–water partition coefficient (Wildman–Crippen LogP) is 6.04. The number of methoxy groups -OCH3 is 2. The van der Waals surface area contributed by atoms with Crippen LogP contribution in [-0.4, -0.2) is 45.5 Å². The van der Waals surface area contributed by atoms with E-state index in [0.29, 0.717) is 26.4 Å². The van der Waals surface area contributed by atoms with Gasteiger partial charge in [-0.3, -0.25) is 4.90 Å². The molecule has 0 radical (unpaired) electrons. The van der Waals surface area contributed by atoms with Crippen LogP contribution in [0.5, 0.6) is 11.5 Å². The van der Waals surface area contributed by atoms with Crippen molar-refractivity contribution in [2.45, 2.75) is 18.6 Å². The quantitative estimate of drug-likeness (QED) is 0.172. The monoisotopic (exact) mass is 509 g/mol. The number of nitrogens with zero attached hydrogens (tertiary/aromatic N) is 1. The molecule has 5 rings (SSSR count). The van der Waals surface area contributed by atoms with Crippen molar-refractivity contribution in [3.8, 4) is 11.5 Å². The fourth-order valence-electron chi connectivity index (χ4n) is 5.42. The highest BCUT2D eigenvalue weighted by molar-refractivity contribution is 5.53. The van der Waals surface area contributed by atoms with E-state index in [0.717, 1.165) is 24.6 Å². The SMILES string of the molecule is COCCOc1cc2c(cc1OCCOC)CN(C(c1ccccc1)(c1ccccc1)c1ccccc1)C2. The molecule has 196 valence electrons. The first-order chi connectivity index (χ1) is 18.8. The summed E-state index contributed by atoms with van der Waals surface area (Å²) < 4.78 is 22.6. The van der Waals surface area contributed by atoms with Gasteiger partial charge in [0.05, 0.1) is 18.8 Å². The maximum absolute atomic E-state index is 6.10. The number of ether oxygens (including phenoxy) is 4. The van der Waals surface area contributed by atoms with Gasteiger partial charge in [-0.2, -0.15) is 0 Å². The largest absolute Gasteiger partial charge is 0.487 e. The molecule has 0 amide bonds. The molecule has 0 saturated carbocycles. The first-order valence-corrected chi connectivity index (χ1v) is 13.1. The molecule has 5 heteroatoms. The van der Waals surface area contributed by atoms with E-state index in [1.807, 2.05) is 0 Å².